The molecule has 1 unspecified atom stereocenters. The Morgan fingerprint density at radius 2 is 1.81 bits per heavy atom. The van der Waals surface area contributed by atoms with E-state index in [2.05, 4.69) is 26.1 Å². The molecule has 1 atom stereocenters. The summed E-state index contributed by atoms with van der Waals surface area (Å²) in [6.45, 7) is 0. The predicted molar refractivity (Wildman–Crippen MR) is 86.6 cm³/mol. The molecule has 0 N–H and O–H groups in total. The van der Waals surface area contributed by atoms with Crippen LogP contribution in [0, 0.1) is 0 Å². The van der Waals surface area contributed by atoms with Crippen LogP contribution in [-0.4, -0.2) is 10.2 Å². The average Bonchev–Trinajstić information content (AvgIpc) is 2.97. The standard InChI is InChI=1S/C15H9BrCl2N2O/c16-10-6-7-11(12(17)8-10)14-19-20-15(21-14)13(18)9-4-2-1-3-5-9/h1-8,13H. The number of rotatable bonds is 3. The van der Waals surface area contributed by atoms with Gasteiger partial charge in [-0.05, 0) is 23.8 Å². The van der Waals surface area contributed by atoms with Crippen molar-refractivity contribution in [3.8, 4) is 11.5 Å². The second kappa shape index (κ2) is 6.18. The van der Waals surface area contributed by atoms with Crippen LogP contribution in [0.2, 0.25) is 5.02 Å². The van der Waals surface area contributed by atoms with E-state index in [1.165, 1.54) is 0 Å². The second-order valence-corrected chi connectivity index (χ2v) is 6.10. The highest BCUT2D eigenvalue weighted by molar-refractivity contribution is 9.10. The van der Waals surface area contributed by atoms with Crippen molar-refractivity contribution in [1.82, 2.24) is 10.2 Å². The minimum absolute atomic E-state index is 0.344. The van der Waals surface area contributed by atoms with Crippen LogP contribution >= 0.6 is 39.1 Å². The lowest BCUT2D eigenvalue weighted by molar-refractivity contribution is 0.513. The van der Waals surface area contributed by atoms with Crippen LogP contribution in [0.15, 0.2) is 57.4 Å². The van der Waals surface area contributed by atoms with Gasteiger partial charge in [-0.15, -0.1) is 21.8 Å². The Morgan fingerprint density at radius 3 is 2.52 bits per heavy atom. The van der Waals surface area contributed by atoms with Crippen LogP contribution in [0.1, 0.15) is 16.8 Å². The fourth-order valence-electron chi connectivity index (χ4n) is 1.87. The maximum absolute atomic E-state index is 6.36. The number of nitrogens with zero attached hydrogens (tertiary/aromatic N) is 2. The summed E-state index contributed by atoms with van der Waals surface area (Å²) < 4.78 is 6.54. The van der Waals surface area contributed by atoms with E-state index in [-0.39, 0.29) is 0 Å². The van der Waals surface area contributed by atoms with Gasteiger partial charge in [-0.2, -0.15) is 0 Å². The smallest absolute Gasteiger partial charge is 0.249 e. The van der Waals surface area contributed by atoms with Crippen LogP contribution in [0.3, 0.4) is 0 Å². The monoisotopic (exact) mass is 382 g/mol. The summed E-state index contributed by atoms with van der Waals surface area (Å²) in [4.78, 5) is 0. The fraction of sp³-hybridized carbons (Fsp3) is 0.0667. The van der Waals surface area contributed by atoms with E-state index < -0.39 is 5.38 Å². The van der Waals surface area contributed by atoms with Crippen molar-refractivity contribution < 1.29 is 4.42 Å². The molecule has 106 valence electrons. The quantitative estimate of drug-likeness (QED) is 0.562. The Kier molecular flexibility index (Phi) is 4.29. The zero-order valence-corrected chi connectivity index (χ0v) is 13.7. The molecule has 6 heteroatoms. The summed E-state index contributed by atoms with van der Waals surface area (Å²) in [6.07, 6.45) is 0. The molecule has 2 aromatic carbocycles. The van der Waals surface area contributed by atoms with E-state index in [0.717, 1.165) is 10.0 Å². The van der Waals surface area contributed by atoms with E-state index in [0.29, 0.717) is 22.4 Å². The molecule has 0 aliphatic heterocycles. The molecular weight excluding hydrogens is 375 g/mol. The van der Waals surface area contributed by atoms with Crippen LogP contribution in [0.4, 0.5) is 0 Å². The third kappa shape index (κ3) is 3.12. The Balaban J connectivity index is 1.93. The van der Waals surface area contributed by atoms with Crippen molar-refractivity contribution in [2.45, 2.75) is 5.38 Å². The zero-order valence-electron chi connectivity index (χ0n) is 10.6. The van der Waals surface area contributed by atoms with Gasteiger partial charge in [0.25, 0.3) is 0 Å². The Hall–Kier alpha value is -1.36. The first-order valence-corrected chi connectivity index (χ1v) is 7.74. The minimum atomic E-state index is -0.485. The van der Waals surface area contributed by atoms with Crippen molar-refractivity contribution >= 4 is 39.1 Å². The Bertz CT molecular complexity index is 761. The van der Waals surface area contributed by atoms with Gasteiger partial charge in [-0.1, -0.05) is 57.9 Å². The number of hydrogen-bond donors (Lipinski definition) is 0. The highest BCUT2D eigenvalue weighted by Gasteiger charge is 2.19. The van der Waals surface area contributed by atoms with Gasteiger partial charge in [0.1, 0.15) is 5.38 Å². The molecule has 0 bridgehead atoms. The molecule has 0 saturated heterocycles. The molecular formula is C15H9BrCl2N2O. The molecule has 0 radical (unpaired) electrons. The first-order valence-electron chi connectivity index (χ1n) is 6.13. The molecule has 0 amide bonds. The van der Waals surface area contributed by atoms with Crippen molar-refractivity contribution in [3.05, 3.63) is 69.5 Å². The molecule has 1 aromatic heterocycles. The lowest BCUT2D eigenvalue weighted by Crippen LogP contribution is -1.92. The molecule has 0 aliphatic carbocycles. The lowest BCUT2D eigenvalue weighted by atomic mass is 10.1. The van der Waals surface area contributed by atoms with Crippen molar-refractivity contribution in [2.24, 2.45) is 0 Å². The molecule has 3 aromatic rings. The molecule has 21 heavy (non-hydrogen) atoms. The molecule has 3 nitrogen and oxygen atoms in total. The number of hydrogen-bond acceptors (Lipinski definition) is 3. The summed E-state index contributed by atoms with van der Waals surface area (Å²) in [5.74, 6) is 0.695. The second-order valence-electron chi connectivity index (χ2n) is 4.34. The predicted octanol–water partition coefficient (Wildman–Crippen LogP) is 5.48. The Morgan fingerprint density at radius 1 is 1.05 bits per heavy atom. The van der Waals surface area contributed by atoms with Gasteiger partial charge in [0.15, 0.2) is 0 Å². The van der Waals surface area contributed by atoms with Gasteiger partial charge in [0.2, 0.25) is 11.8 Å². The topological polar surface area (TPSA) is 38.9 Å². The van der Waals surface area contributed by atoms with E-state index in [4.69, 9.17) is 27.6 Å². The molecule has 3 rings (SSSR count). The third-order valence-electron chi connectivity index (χ3n) is 2.91. The maximum Gasteiger partial charge on any atom is 0.249 e. The number of aromatic nitrogens is 2. The van der Waals surface area contributed by atoms with Crippen LogP contribution in [-0.2, 0) is 0 Å². The number of alkyl halides is 1. The normalized spacial score (nSPS) is 12.3. The number of benzene rings is 2. The van der Waals surface area contributed by atoms with Gasteiger partial charge in [-0.25, -0.2) is 0 Å². The van der Waals surface area contributed by atoms with E-state index in [1.54, 1.807) is 6.07 Å². The summed E-state index contributed by atoms with van der Waals surface area (Å²) in [7, 11) is 0. The summed E-state index contributed by atoms with van der Waals surface area (Å²) >= 11 is 15.9. The molecule has 0 spiro atoms. The van der Waals surface area contributed by atoms with Crippen molar-refractivity contribution in [1.29, 1.82) is 0 Å². The largest absolute Gasteiger partial charge is 0.419 e. The average molecular weight is 384 g/mol. The van der Waals surface area contributed by atoms with E-state index in [1.807, 2.05) is 42.5 Å². The molecule has 1 heterocycles. The first-order chi connectivity index (χ1) is 10.1. The van der Waals surface area contributed by atoms with Crippen LogP contribution in [0.25, 0.3) is 11.5 Å². The third-order valence-corrected chi connectivity index (χ3v) is 4.16. The van der Waals surface area contributed by atoms with Crippen molar-refractivity contribution in [2.75, 3.05) is 0 Å². The summed E-state index contributed by atoms with van der Waals surface area (Å²) in [5, 5.41) is 8.08. The maximum atomic E-state index is 6.36. The lowest BCUT2D eigenvalue weighted by Gasteiger charge is -2.04. The molecule has 0 fully saturated rings. The SMILES string of the molecule is Clc1cc(Br)ccc1-c1nnc(C(Cl)c2ccccc2)o1. The first kappa shape index (κ1) is 14.6. The van der Waals surface area contributed by atoms with Gasteiger partial charge in [-0.3, -0.25) is 0 Å². The van der Waals surface area contributed by atoms with Gasteiger partial charge < -0.3 is 4.42 Å². The fourth-order valence-corrected chi connectivity index (χ4v) is 2.86. The van der Waals surface area contributed by atoms with Crippen LogP contribution < -0.4 is 0 Å². The van der Waals surface area contributed by atoms with Gasteiger partial charge in [0.05, 0.1) is 10.6 Å². The van der Waals surface area contributed by atoms with E-state index in [9.17, 15) is 0 Å². The highest BCUT2D eigenvalue weighted by Crippen LogP contribution is 2.33. The summed E-state index contributed by atoms with van der Waals surface area (Å²) in [6, 6.07) is 15.0. The van der Waals surface area contributed by atoms with E-state index >= 15 is 0 Å². The molecule has 0 saturated carbocycles. The zero-order chi connectivity index (χ0) is 14.8. The summed E-state index contributed by atoms with van der Waals surface area (Å²) in [5.41, 5.74) is 1.58. The van der Waals surface area contributed by atoms with Crippen LogP contribution in [0.5, 0.6) is 0 Å². The minimum Gasteiger partial charge on any atom is -0.419 e. The Labute approximate surface area is 140 Å². The molecule has 0 aliphatic rings. The van der Waals surface area contributed by atoms with Gasteiger partial charge >= 0.3 is 0 Å². The van der Waals surface area contributed by atoms with Crippen molar-refractivity contribution in [3.63, 3.8) is 0 Å². The highest BCUT2D eigenvalue weighted by atomic mass is 79.9. The number of halogens is 3. The van der Waals surface area contributed by atoms with Gasteiger partial charge in [0, 0.05) is 4.47 Å².